The first-order valence-electron chi connectivity index (χ1n) is 5.45. The van der Waals surface area contributed by atoms with Gasteiger partial charge in [0, 0.05) is 28.1 Å². The zero-order chi connectivity index (χ0) is 13.1. The maximum Gasteiger partial charge on any atom is 0.0610 e. The second kappa shape index (κ2) is 5.69. The van der Waals surface area contributed by atoms with Crippen molar-refractivity contribution in [3.8, 4) is 0 Å². The second-order valence-electron chi connectivity index (χ2n) is 3.90. The number of hydrogen-bond acceptors (Lipinski definition) is 3. The van der Waals surface area contributed by atoms with E-state index in [1.165, 1.54) is 0 Å². The summed E-state index contributed by atoms with van der Waals surface area (Å²) in [5, 5.41) is 3.93. The molecule has 3 nitrogen and oxygen atoms in total. The first-order valence-corrected chi connectivity index (χ1v) is 6.62. The minimum atomic E-state index is -0.00716. The summed E-state index contributed by atoms with van der Waals surface area (Å²) in [6.45, 7) is 0. The Bertz CT molecular complexity index is 560. The average Bonchev–Trinajstić information content (AvgIpc) is 2.37. The number of benzene rings is 1. The molecule has 1 aromatic carbocycles. The molecule has 0 aliphatic rings. The zero-order valence-corrected chi connectivity index (χ0v) is 12.2. The molecule has 0 amide bonds. The van der Waals surface area contributed by atoms with Gasteiger partial charge in [0.15, 0.2) is 0 Å². The lowest BCUT2D eigenvalue weighted by Crippen LogP contribution is -2.19. The van der Waals surface area contributed by atoms with E-state index in [1.54, 1.807) is 18.5 Å². The predicted octanol–water partition coefficient (Wildman–Crippen LogP) is 3.39. The maximum absolute atomic E-state index is 6.00. The van der Waals surface area contributed by atoms with Crippen LogP contribution < -0.4 is 11.1 Å². The Morgan fingerprint density at radius 1 is 1.39 bits per heavy atom. The normalized spacial score (nSPS) is 12.4. The summed E-state index contributed by atoms with van der Waals surface area (Å²) in [7, 11) is 1.89. The van der Waals surface area contributed by atoms with Crippen LogP contribution in [-0.2, 0) is 0 Å². The van der Waals surface area contributed by atoms with Crippen LogP contribution in [0.4, 0.5) is 5.69 Å². The number of nitrogen functional groups attached to an aromatic ring is 1. The van der Waals surface area contributed by atoms with E-state index < -0.39 is 0 Å². The summed E-state index contributed by atoms with van der Waals surface area (Å²) >= 11 is 9.43. The van der Waals surface area contributed by atoms with E-state index in [-0.39, 0.29) is 6.04 Å². The molecule has 0 aliphatic heterocycles. The van der Waals surface area contributed by atoms with Crippen LogP contribution in [0.3, 0.4) is 0 Å². The highest BCUT2D eigenvalue weighted by atomic mass is 79.9. The van der Waals surface area contributed by atoms with Gasteiger partial charge in [0.2, 0.25) is 0 Å². The van der Waals surface area contributed by atoms with Gasteiger partial charge in [0.1, 0.15) is 0 Å². The molecule has 2 aromatic rings. The predicted molar refractivity (Wildman–Crippen MR) is 78.7 cm³/mol. The highest BCUT2D eigenvalue weighted by Gasteiger charge is 2.15. The fourth-order valence-electron chi connectivity index (χ4n) is 1.85. The van der Waals surface area contributed by atoms with Crippen molar-refractivity contribution in [2.24, 2.45) is 0 Å². The van der Waals surface area contributed by atoms with Crippen molar-refractivity contribution in [2.45, 2.75) is 6.04 Å². The molecule has 1 atom stereocenters. The first kappa shape index (κ1) is 13.3. The fourth-order valence-corrected chi connectivity index (χ4v) is 2.37. The molecule has 0 saturated heterocycles. The molecule has 0 fully saturated rings. The summed E-state index contributed by atoms with van der Waals surface area (Å²) in [6, 6.07) is 7.60. The van der Waals surface area contributed by atoms with Crippen molar-refractivity contribution in [3.63, 3.8) is 0 Å². The highest BCUT2D eigenvalue weighted by molar-refractivity contribution is 9.10. The van der Waals surface area contributed by atoms with E-state index in [0.717, 1.165) is 21.3 Å². The number of aromatic nitrogens is 1. The lowest BCUT2D eigenvalue weighted by atomic mass is 9.99. The lowest BCUT2D eigenvalue weighted by molar-refractivity contribution is 0.690. The van der Waals surface area contributed by atoms with E-state index in [4.69, 9.17) is 17.3 Å². The molecule has 0 aliphatic carbocycles. The molecule has 0 bridgehead atoms. The number of hydrogen-bond donors (Lipinski definition) is 2. The second-order valence-corrected chi connectivity index (χ2v) is 5.16. The summed E-state index contributed by atoms with van der Waals surface area (Å²) in [5.74, 6) is 0. The minimum Gasteiger partial charge on any atom is -0.398 e. The average molecular weight is 327 g/mol. The third-order valence-corrected chi connectivity index (χ3v) is 3.98. The third kappa shape index (κ3) is 2.66. The van der Waals surface area contributed by atoms with E-state index >= 15 is 0 Å². The van der Waals surface area contributed by atoms with Crippen molar-refractivity contribution < 1.29 is 0 Å². The smallest absolute Gasteiger partial charge is 0.0610 e. The fraction of sp³-hybridized carbons (Fsp3) is 0.154. The number of halogens is 2. The van der Waals surface area contributed by atoms with Crippen LogP contribution in [0.5, 0.6) is 0 Å². The summed E-state index contributed by atoms with van der Waals surface area (Å²) in [6.07, 6.45) is 3.46. The molecule has 1 unspecified atom stereocenters. The Morgan fingerprint density at radius 2 is 2.17 bits per heavy atom. The summed E-state index contributed by atoms with van der Waals surface area (Å²) in [4.78, 5) is 4.12. The van der Waals surface area contributed by atoms with Crippen LogP contribution in [-0.4, -0.2) is 12.0 Å². The first-order chi connectivity index (χ1) is 8.63. The molecule has 1 heterocycles. The van der Waals surface area contributed by atoms with E-state index in [9.17, 15) is 0 Å². The lowest BCUT2D eigenvalue weighted by Gasteiger charge is -2.19. The molecule has 18 heavy (non-hydrogen) atoms. The van der Waals surface area contributed by atoms with Crippen LogP contribution in [0.25, 0.3) is 0 Å². The Balaban J connectivity index is 2.45. The standard InChI is InChI=1S/C13H13BrClN3/c1-17-13(9-7-18-5-4-12(9)16)8-2-3-11(15)10(14)6-8/h2-7,13,17H,1H3,(H2,16,18). The summed E-state index contributed by atoms with van der Waals surface area (Å²) in [5.41, 5.74) is 8.73. The van der Waals surface area contributed by atoms with Crippen molar-refractivity contribution in [2.75, 3.05) is 12.8 Å². The Hall–Kier alpha value is -1.10. The van der Waals surface area contributed by atoms with Gasteiger partial charge in [0.05, 0.1) is 11.1 Å². The van der Waals surface area contributed by atoms with Gasteiger partial charge in [0.25, 0.3) is 0 Å². The van der Waals surface area contributed by atoms with Gasteiger partial charge in [-0.15, -0.1) is 0 Å². The number of nitrogens with two attached hydrogens (primary N) is 1. The number of nitrogens with one attached hydrogen (secondary N) is 1. The number of pyridine rings is 1. The summed E-state index contributed by atoms with van der Waals surface area (Å²) < 4.78 is 0.865. The van der Waals surface area contributed by atoms with Gasteiger partial charge in [-0.25, -0.2) is 0 Å². The molecule has 2 rings (SSSR count). The number of nitrogens with zero attached hydrogens (tertiary/aromatic N) is 1. The molecule has 5 heteroatoms. The maximum atomic E-state index is 6.00. The zero-order valence-electron chi connectivity index (χ0n) is 9.82. The Kier molecular flexibility index (Phi) is 4.22. The molecule has 94 valence electrons. The molecule has 0 saturated carbocycles. The third-order valence-electron chi connectivity index (χ3n) is 2.76. The molecular formula is C13H13BrClN3. The van der Waals surface area contributed by atoms with Crippen molar-refractivity contribution >= 4 is 33.2 Å². The van der Waals surface area contributed by atoms with Gasteiger partial charge in [-0.2, -0.15) is 0 Å². The van der Waals surface area contributed by atoms with Crippen LogP contribution in [0.15, 0.2) is 41.1 Å². The van der Waals surface area contributed by atoms with E-state index in [0.29, 0.717) is 5.02 Å². The van der Waals surface area contributed by atoms with E-state index in [1.807, 2.05) is 25.2 Å². The molecular weight excluding hydrogens is 314 g/mol. The molecule has 0 radical (unpaired) electrons. The van der Waals surface area contributed by atoms with Crippen LogP contribution in [0.2, 0.25) is 5.02 Å². The van der Waals surface area contributed by atoms with Crippen LogP contribution in [0, 0.1) is 0 Å². The monoisotopic (exact) mass is 325 g/mol. The van der Waals surface area contributed by atoms with Gasteiger partial charge in [-0.3, -0.25) is 4.98 Å². The Labute approximate surface area is 119 Å². The highest BCUT2D eigenvalue weighted by Crippen LogP contribution is 2.30. The van der Waals surface area contributed by atoms with Gasteiger partial charge >= 0.3 is 0 Å². The van der Waals surface area contributed by atoms with Gasteiger partial charge in [-0.1, -0.05) is 17.7 Å². The molecule has 3 N–H and O–H groups in total. The largest absolute Gasteiger partial charge is 0.398 e. The topological polar surface area (TPSA) is 50.9 Å². The van der Waals surface area contributed by atoms with Crippen LogP contribution in [0.1, 0.15) is 17.2 Å². The quantitative estimate of drug-likeness (QED) is 0.909. The molecule has 1 aromatic heterocycles. The van der Waals surface area contributed by atoms with E-state index in [2.05, 4.69) is 26.2 Å². The van der Waals surface area contributed by atoms with Crippen molar-refractivity contribution in [1.29, 1.82) is 0 Å². The minimum absolute atomic E-state index is 0.00716. The Morgan fingerprint density at radius 3 is 2.78 bits per heavy atom. The molecule has 0 spiro atoms. The number of anilines is 1. The van der Waals surface area contributed by atoms with Gasteiger partial charge < -0.3 is 11.1 Å². The SMILES string of the molecule is CNC(c1ccc(Cl)c(Br)c1)c1cnccc1N. The number of rotatable bonds is 3. The van der Waals surface area contributed by atoms with Crippen LogP contribution >= 0.6 is 27.5 Å². The van der Waals surface area contributed by atoms with Gasteiger partial charge in [-0.05, 0) is 46.7 Å². The van der Waals surface area contributed by atoms with Crippen molar-refractivity contribution in [3.05, 3.63) is 57.3 Å². The van der Waals surface area contributed by atoms with Crippen molar-refractivity contribution in [1.82, 2.24) is 10.3 Å².